The molecule has 0 spiro atoms. The zero-order valence-corrected chi connectivity index (χ0v) is 13.4. The first-order valence-electron chi connectivity index (χ1n) is 5.89. The van der Waals surface area contributed by atoms with E-state index in [0.29, 0.717) is 11.5 Å². The maximum Gasteiger partial charge on any atom is 0.161 e. The van der Waals surface area contributed by atoms with E-state index < -0.39 is 0 Å². The minimum absolute atomic E-state index is 0.263. The van der Waals surface area contributed by atoms with Crippen LogP contribution in [0.3, 0.4) is 0 Å². The normalized spacial score (nSPS) is 12.2. The largest absolute Gasteiger partial charge is 0.493 e. The van der Waals surface area contributed by atoms with E-state index in [2.05, 4.69) is 33.1 Å². The Morgan fingerprint density at radius 3 is 2.58 bits per heavy atom. The van der Waals surface area contributed by atoms with Gasteiger partial charge in [-0.1, -0.05) is 34.2 Å². The van der Waals surface area contributed by atoms with Gasteiger partial charge in [-0.2, -0.15) is 0 Å². The molecule has 0 radical (unpaired) electrons. The quantitative estimate of drug-likeness (QED) is 0.768. The van der Waals surface area contributed by atoms with Crippen molar-refractivity contribution in [1.82, 2.24) is 10.2 Å². The zero-order chi connectivity index (χ0) is 13.8. The van der Waals surface area contributed by atoms with E-state index in [1.54, 1.807) is 25.6 Å². The van der Waals surface area contributed by atoms with Crippen molar-refractivity contribution in [2.75, 3.05) is 14.2 Å². The van der Waals surface area contributed by atoms with Crippen LogP contribution in [0.15, 0.2) is 18.2 Å². The molecular formula is C13H15BrN2O2S. The van der Waals surface area contributed by atoms with Crippen LogP contribution in [-0.4, -0.2) is 24.4 Å². The lowest BCUT2D eigenvalue weighted by Crippen LogP contribution is -1.90. The lowest BCUT2D eigenvalue weighted by atomic mass is 10.2. The molecule has 0 N–H and O–H groups in total. The fourth-order valence-electron chi connectivity index (χ4n) is 1.62. The summed E-state index contributed by atoms with van der Waals surface area (Å²) in [5.74, 6) is 1.41. The third kappa shape index (κ3) is 3.06. The number of hydrogen-bond acceptors (Lipinski definition) is 5. The molecule has 19 heavy (non-hydrogen) atoms. The van der Waals surface area contributed by atoms with Gasteiger partial charge >= 0.3 is 0 Å². The summed E-state index contributed by atoms with van der Waals surface area (Å²) < 4.78 is 10.5. The fourth-order valence-corrected chi connectivity index (χ4v) is 2.89. The molecule has 0 saturated carbocycles. The predicted molar refractivity (Wildman–Crippen MR) is 80.4 cm³/mol. The summed E-state index contributed by atoms with van der Waals surface area (Å²) in [5, 5.41) is 10.3. The fraction of sp³-hybridized carbons (Fsp3) is 0.385. The summed E-state index contributed by atoms with van der Waals surface area (Å²) in [6.07, 6.45) is 0.987. The Hall–Kier alpha value is -1.14. The lowest BCUT2D eigenvalue weighted by molar-refractivity contribution is 0.355. The molecule has 0 aliphatic heterocycles. The Balaban J connectivity index is 2.34. The van der Waals surface area contributed by atoms with Crippen LogP contribution in [0.5, 0.6) is 11.5 Å². The molecule has 0 aliphatic carbocycles. The molecule has 0 amide bonds. The second kappa shape index (κ2) is 6.34. The van der Waals surface area contributed by atoms with Gasteiger partial charge in [-0.15, -0.1) is 10.2 Å². The molecule has 1 atom stereocenters. The van der Waals surface area contributed by atoms with Crippen LogP contribution < -0.4 is 9.47 Å². The number of methoxy groups -OCH3 is 2. The van der Waals surface area contributed by atoms with Crippen molar-refractivity contribution >= 4 is 27.3 Å². The van der Waals surface area contributed by atoms with Crippen LogP contribution in [0.25, 0.3) is 10.6 Å². The van der Waals surface area contributed by atoms with Crippen molar-refractivity contribution in [3.63, 3.8) is 0 Å². The molecule has 0 aliphatic rings. The average Bonchev–Trinajstić information content (AvgIpc) is 2.95. The van der Waals surface area contributed by atoms with E-state index in [4.69, 9.17) is 9.47 Å². The van der Waals surface area contributed by atoms with Gasteiger partial charge in [0.15, 0.2) is 11.5 Å². The molecule has 102 valence electrons. The number of alkyl halides is 1. The third-order valence-corrected chi connectivity index (χ3v) is 5.17. The molecule has 2 aromatic rings. The maximum absolute atomic E-state index is 5.30. The molecular weight excluding hydrogens is 328 g/mol. The second-order valence-electron chi connectivity index (χ2n) is 3.89. The van der Waals surface area contributed by atoms with Crippen molar-refractivity contribution in [1.29, 1.82) is 0 Å². The number of halogens is 1. The number of rotatable bonds is 5. The molecule has 1 aromatic carbocycles. The van der Waals surface area contributed by atoms with Crippen LogP contribution >= 0.6 is 27.3 Å². The molecule has 4 nitrogen and oxygen atoms in total. The van der Waals surface area contributed by atoms with Gasteiger partial charge in [-0.3, -0.25) is 0 Å². The predicted octanol–water partition coefficient (Wildman–Crippen LogP) is 4.07. The van der Waals surface area contributed by atoms with Crippen molar-refractivity contribution in [3.05, 3.63) is 23.2 Å². The molecule has 0 fully saturated rings. The monoisotopic (exact) mass is 342 g/mol. The van der Waals surface area contributed by atoms with Crippen LogP contribution in [-0.2, 0) is 0 Å². The third-order valence-electron chi connectivity index (χ3n) is 2.70. The summed E-state index contributed by atoms with van der Waals surface area (Å²) >= 11 is 5.17. The average molecular weight is 343 g/mol. The van der Waals surface area contributed by atoms with Crippen molar-refractivity contribution < 1.29 is 9.47 Å². The van der Waals surface area contributed by atoms with Gasteiger partial charge in [0.1, 0.15) is 10.0 Å². The van der Waals surface area contributed by atoms with E-state index in [0.717, 1.165) is 22.0 Å². The summed E-state index contributed by atoms with van der Waals surface area (Å²) in [5.41, 5.74) is 0.984. The summed E-state index contributed by atoms with van der Waals surface area (Å²) in [7, 11) is 3.25. The topological polar surface area (TPSA) is 44.2 Å². The highest BCUT2D eigenvalue weighted by atomic mass is 79.9. The molecule has 1 unspecified atom stereocenters. The number of benzene rings is 1. The summed E-state index contributed by atoms with van der Waals surface area (Å²) in [6.45, 7) is 2.11. The Morgan fingerprint density at radius 2 is 1.95 bits per heavy atom. The van der Waals surface area contributed by atoms with Crippen molar-refractivity contribution in [2.45, 2.75) is 18.2 Å². The van der Waals surface area contributed by atoms with Gasteiger partial charge in [0.25, 0.3) is 0 Å². The Bertz CT molecular complexity index is 559. The van der Waals surface area contributed by atoms with E-state index >= 15 is 0 Å². The minimum Gasteiger partial charge on any atom is -0.493 e. The van der Waals surface area contributed by atoms with E-state index in [1.807, 2.05) is 18.2 Å². The Labute approximate surface area is 124 Å². The molecule has 2 rings (SSSR count). The van der Waals surface area contributed by atoms with E-state index in [-0.39, 0.29) is 4.83 Å². The highest BCUT2D eigenvalue weighted by molar-refractivity contribution is 9.09. The van der Waals surface area contributed by atoms with Gasteiger partial charge in [0.2, 0.25) is 0 Å². The molecule has 1 heterocycles. The van der Waals surface area contributed by atoms with Gasteiger partial charge in [-0.05, 0) is 24.6 Å². The summed E-state index contributed by atoms with van der Waals surface area (Å²) in [4.78, 5) is 0.263. The van der Waals surface area contributed by atoms with Crippen LogP contribution in [0.2, 0.25) is 0 Å². The van der Waals surface area contributed by atoms with Crippen molar-refractivity contribution in [3.8, 4) is 22.1 Å². The number of nitrogens with zero attached hydrogens (tertiary/aromatic N) is 2. The maximum atomic E-state index is 5.30. The highest BCUT2D eigenvalue weighted by Gasteiger charge is 2.14. The summed E-state index contributed by atoms with van der Waals surface area (Å²) in [6, 6.07) is 5.75. The standard InChI is InChI=1S/C13H15BrN2O2S/c1-4-9(14)13-16-15-12(19-13)8-5-6-10(17-2)11(7-8)18-3/h5-7,9H,4H2,1-3H3. The van der Waals surface area contributed by atoms with Gasteiger partial charge < -0.3 is 9.47 Å². The smallest absolute Gasteiger partial charge is 0.161 e. The van der Waals surface area contributed by atoms with Gasteiger partial charge in [0.05, 0.1) is 19.0 Å². The Morgan fingerprint density at radius 1 is 1.21 bits per heavy atom. The lowest BCUT2D eigenvalue weighted by Gasteiger charge is -2.07. The van der Waals surface area contributed by atoms with Crippen molar-refractivity contribution in [2.24, 2.45) is 0 Å². The van der Waals surface area contributed by atoms with Gasteiger partial charge in [0, 0.05) is 5.56 Å². The number of ether oxygens (including phenoxy) is 2. The van der Waals surface area contributed by atoms with Crippen LogP contribution in [0.4, 0.5) is 0 Å². The molecule has 1 aromatic heterocycles. The van der Waals surface area contributed by atoms with Crippen LogP contribution in [0.1, 0.15) is 23.2 Å². The highest BCUT2D eigenvalue weighted by Crippen LogP contribution is 2.36. The first kappa shape index (κ1) is 14.3. The minimum atomic E-state index is 0.263. The number of hydrogen-bond donors (Lipinski definition) is 0. The Kier molecular flexibility index (Phi) is 4.76. The van der Waals surface area contributed by atoms with Crippen LogP contribution in [0, 0.1) is 0 Å². The number of aromatic nitrogens is 2. The molecule has 6 heteroatoms. The SMILES string of the molecule is CCC(Br)c1nnc(-c2ccc(OC)c(OC)c2)s1. The molecule has 0 saturated heterocycles. The second-order valence-corrected chi connectivity index (χ2v) is 6.01. The van der Waals surface area contributed by atoms with E-state index in [1.165, 1.54) is 0 Å². The van der Waals surface area contributed by atoms with Gasteiger partial charge in [-0.25, -0.2) is 0 Å². The first-order chi connectivity index (χ1) is 9.19. The molecule has 0 bridgehead atoms. The zero-order valence-electron chi connectivity index (χ0n) is 11.0. The first-order valence-corrected chi connectivity index (χ1v) is 7.62. The van der Waals surface area contributed by atoms with E-state index in [9.17, 15) is 0 Å².